The molecule has 2 aromatic carbocycles. The topological polar surface area (TPSA) is 94.7 Å². The summed E-state index contributed by atoms with van der Waals surface area (Å²) in [4.78, 5) is 13.9. The molecule has 9 heteroatoms. The van der Waals surface area contributed by atoms with Crippen molar-refractivity contribution in [2.75, 3.05) is 19.5 Å². The molecule has 0 aliphatic rings. The van der Waals surface area contributed by atoms with Gasteiger partial charge in [0, 0.05) is 24.5 Å². The Balaban J connectivity index is 1.50. The van der Waals surface area contributed by atoms with Crippen LogP contribution in [0.15, 0.2) is 67.3 Å². The Bertz CT molecular complexity index is 1420. The Hall–Kier alpha value is -4.24. The van der Waals surface area contributed by atoms with Gasteiger partial charge in [-0.05, 0) is 31.7 Å². The molecular weight excluding hydrogens is 428 g/mol. The molecule has 0 atom stereocenters. The highest BCUT2D eigenvalue weighted by molar-refractivity contribution is 5.79. The van der Waals surface area contributed by atoms with Crippen molar-refractivity contribution in [1.29, 1.82) is 0 Å². The van der Waals surface area contributed by atoms with Gasteiger partial charge in [-0.1, -0.05) is 30.3 Å². The van der Waals surface area contributed by atoms with Crippen LogP contribution in [0.5, 0.6) is 5.75 Å². The molecule has 172 valence electrons. The van der Waals surface area contributed by atoms with Crippen LogP contribution < -0.4 is 15.4 Å². The number of nitrogens with one attached hydrogen (secondary N) is 2. The summed E-state index contributed by atoms with van der Waals surface area (Å²) in [6.07, 6.45) is 5.56. The first kappa shape index (κ1) is 21.6. The molecule has 0 saturated carbocycles. The van der Waals surface area contributed by atoms with Gasteiger partial charge in [-0.25, -0.2) is 14.6 Å². The summed E-state index contributed by atoms with van der Waals surface area (Å²) in [5.74, 6) is 1.22. The molecule has 2 N–H and O–H groups in total. The lowest BCUT2D eigenvalue weighted by molar-refractivity contribution is 0.413. The van der Waals surface area contributed by atoms with Gasteiger partial charge in [0.05, 0.1) is 48.6 Å². The monoisotopic (exact) mass is 454 g/mol. The van der Waals surface area contributed by atoms with Crippen molar-refractivity contribution in [3.8, 4) is 11.4 Å². The van der Waals surface area contributed by atoms with E-state index in [1.807, 2.05) is 72.0 Å². The van der Waals surface area contributed by atoms with E-state index in [0.29, 0.717) is 24.8 Å². The van der Waals surface area contributed by atoms with Crippen LogP contribution in [0, 0.1) is 6.92 Å². The van der Waals surface area contributed by atoms with E-state index >= 15 is 0 Å². The molecule has 0 radical (unpaired) electrons. The van der Waals surface area contributed by atoms with Crippen LogP contribution in [-0.4, -0.2) is 43.5 Å². The fraction of sp³-hybridized carbons (Fsp3) is 0.200. The first-order valence-electron chi connectivity index (χ1n) is 11.0. The van der Waals surface area contributed by atoms with Crippen molar-refractivity contribution in [1.82, 2.24) is 34.6 Å². The van der Waals surface area contributed by atoms with Crippen LogP contribution in [0.2, 0.25) is 0 Å². The Morgan fingerprint density at radius 3 is 2.65 bits per heavy atom. The van der Waals surface area contributed by atoms with Gasteiger partial charge in [0.1, 0.15) is 5.75 Å². The minimum atomic E-state index is 0.501. The zero-order valence-electron chi connectivity index (χ0n) is 19.4. The van der Waals surface area contributed by atoms with E-state index in [1.54, 1.807) is 13.4 Å². The molecule has 0 fully saturated rings. The summed E-state index contributed by atoms with van der Waals surface area (Å²) in [5.41, 5.74) is 5.49. The first-order valence-corrected chi connectivity index (χ1v) is 11.0. The minimum Gasteiger partial charge on any atom is -0.494 e. The number of imidazole rings is 1. The van der Waals surface area contributed by atoms with Crippen molar-refractivity contribution < 1.29 is 4.74 Å². The van der Waals surface area contributed by atoms with E-state index < -0.39 is 0 Å². The van der Waals surface area contributed by atoms with Gasteiger partial charge in [-0.15, -0.1) is 0 Å². The van der Waals surface area contributed by atoms with E-state index in [-0.39, 0.29) is 0 Å². The number of fused-ring (bicyclic) bond motifs is 1. The number of aryl methyl sites for hydroxylation is 1. The van der Waals surface area contributed by atoms with Crippen molar-refractivity contribution in [2.24, 2.45) is 0 Å². The van der Waals surface area contributed by atoms with Crippen LogP contribution in [0.25, 0.3) is 16.7 Å². The summed E-state index contributed by atoms with van der Waals surface area (Å²) in [5, 5.41) is 12.0. The maximum atomic E-state index is 5.64. The maximum Gasteiger partial charge on any atom is 0.229 e. The smallest absolute Gasteiger partial charge is 0.229 e. The fourth-order valence-electron chi connectivity index (χ4n) is 3.89. The number of aromatic nitrogens is 6. The SMILES string of the molecule is CNCc1nc(Nc2ccc(-n3cnc(C)c3)c(OC)c2)nc2c1cnn2Cc1ccccc1. The molecule has 0 aliphatic heterocycles. The third-order valence-corrected chi connectivity index (χ3v) is 5.52. The zero-order chi connectivity index (χ0) is 23.5. The summed E-state index contributed by atoms with van der Waals surface area (Å²) < 4.78 is 9.48. The highest BCUT2D eigenvalue weighted by Crippen LogP contribution is 2.28. The van der Waals surface area contributed by atoms with E-state index in [4.69, 9.17) is 14.7 Å². The molecule has 0 aliphatic carbocycles. The van der Waals surface area contributed by atoms with Gasteiger partial charge in [0.15, 0.2) is 5.65 Å². The predicted octanol–water partition coefficient (Wildman–Crippen LogP) is 3.84. The maximum absolute atomic E-state index is 5.64. The van der Waals surface area contributed by atoms with E-state index in [0.717, 1.165) is 39.4 Å². The summed E-state index contributed by atoms with van der Waals surface area (Å²) in [6, 6.07) is 16.1. The van der Waals surface area contributed by atoms with E-state index in [9.17, 15) is 0 Å². The van der Waals surface area contributed by atoms with Crippen LogP contribution >= 0.6 is 0 Å². The molecule has 0 unspecified atom stereocenters. The number of anilines is 2. The first-order chi connectivity index (χ1) is 16.6. The average molecular weight is 455 g/mol. The fourth-order valence-corrected chi connectivity index (χ4v) is 3.89. The number of methoxy groups -OCH3 is 1. The van der Waals surface area contributed by atoms with Crippen molar-refractivity contribution >= 4 is 22.7 Å². The molecule has 0 spiro atoms. The van der Waals surface area contributed by atoms with Gasteiger partial charge in [0.2, 0.25) is 5.95 Å². The molecule has 5 aromatic rings. The van der Waals surface area contributed by atoms with Crippen molar-refractivity contribution in [3.63, 3.8) is 0 Å². The van der Waals surface area contributed by atoms with Crippen LogP contribution in [0.3, 0.4) is 0 Å². The minimum absolute atomic E-state index is 0.501. The molecule has 34 heavy (non-hydrogen) atoms. The molecule has 3 aromatic heterocycles. The second-order valence-corrected chi connectivity index (χ2v) is 7.98. The molecule has 3 heterocycles. The van der Waals surface area contributed by atoms with Crippen LogP contribution in [0.4, 0.5) is 11.6 Å². The normalized spacial score (nSPS) is 11.1. The predicted molar refractivity (Wildman–Crippen MR) is 132 cm³/mol. The lowest BCUT2D eigenvalue weighted by Crippen LogP contribution is -2.11. The molecular formula is C25H26N8O. The second-order valence-electron chi connectivity index (χ2n) is 7.98. The molecule has 9 nitrogen and oxygen atoms in total. The standard InChI is InChI=1S/C25H26N8O/c1-17-14-32(16-27-17)22-10-9-19(11-23(22)34-3)29-25-30-21(13-26-2)20-12-28-33(24(20)31-25)15-18-7-5-4-6-8-18/h4-12,14,16,26H,13,15H2,1-3H3,(H,29,30,31). The molecule has 0 amide bonds. The van der Waals surface area contributed by atoms with Gasteiger partial charge in [0.25, 0.3) is 0 Å². The molecule has 5 rings (SSSR count). The van der Waals surface area contributed by atoms with Gasteiger partial charge < -0.3 is 19.9 Å². The summed E-state index contributed by atoms with van der Waals surface area (Å²) in [7, 11) is 3.55. The Labute approximate surface area is 197 Å². The van der Waals surface area contributed by atoms with Crippen LogP contribution in [0.1, 0.15) is 17.0 Å². The third kappa shape index (κ3) is 4.33. The van der Waals surface area contributed by atoms with Gasteiger partial charge >= 0.3 is 0 Å². The quantitative estimate of drug-likeness (QED) is 0.368. The largest absolute Gasteiger partial charge is 0.494 e. The number of benzene rings is 2. The van der Waals surface area contributed by atoms with Crippen molar-refractivity contribution in [3.05, 3.63) is 84.2 Å². The third-order valence-electron chi connectivity index (χ3n) is 5.52. The van der Waals surface area contributed by atoms with Gasteiger partial charge in [-0.2, -0.15) is 10.1 Å². The summed E-state index contributed by atoms with van der Waals surface area (Å²) in [6.45, 7) is 3.19. The average Bonchev–Trinajstić information content (AvgIpc) is 3.46. The Kier molecular flexibility index (Phi) is 5.92. The number of nitrogens with zero attached hydrogens (tertiary/aromatic N) is 6. The highest BCUT2D eigenvalue weighted by atomic mass is 16.5. The second kappa shape index (κ2) is 9.32. The van der Waals surface area contributed by atoms with E-state index in [1.165, 1.54) is 0 Å². The van der Waals surface area contributed by atoms with Gasteiger partial charge in [-0.3, -0.25) is 0 Å². The highest BCUT2D eigenvalue weighted by Gasteiger charge is 2.14. The lowest BCUT2D eigenvalue weighted by atomic mass is 10.2. The Morgan fingerprint density at radius 1 is 1.06 bits per heavy atom. The number of hydrogen-bond donors (Lipinski definition) is 2. The molecule has 0 saturated heterocycles. The number of hydrogen-bond acceptors (Lipinski definition) is 7. The zero-order valence-corrected chi connectivity index (χ0v) is 19.4. The number of rotatable bonds is 8. The van der Waals surface area contributed by atoms with Crippen LogP contribution in [-0.2, 0) is 13.1 Å². The lowest BCUT2D eigenvalue weighted by Gasteiger charge is -2.13. The van der Waals surface area contributed by atoms with Crippen molar-refractivity contribution in [2.45, 2.75) is 20.0 Å². The number of ether oxygens (including phenoxy) is 1. The Morgan fingerprint density at radius 2 is 1.91 bits per heavy atom. The molecule has 0 bridgehead atoms. The van der Waals surface area contributed by atoms with E-state index in [2.05, 4.69) is 32.8 Å². The summed E-state index contributed by atoms with van der Waals surface area (Å²) >= 11 is 0.